The molecule has 0 N–H and O–H groups in total. The Morgan fingerprint density at radius 2 is 0.770 bits per heavy atom. The van der Waals surface area contributed by atoms with Gasteiger partial charge in [-0.15, -0.1) is 0 Å². The van der Waals surface area contributed by atoms with Crippen molar-refractivity contribution in [2.45, 2.75) is 13.8 Å². The van der Waals surface area contributed by atoms with Crippen molar-refractivity contribution in [3.05, 3.63) is 205 Å². The minimum Gasteiger partial charge on any atom is -0.497 e. The van der Waals surface area contributed by atoms with E-state index in [0.717, 1.165) is 51.0 Å². The monoisotopic (exact) mass is 946 g/mol. The quantitative estimate of drug-likeness (QED) is 0.123. The highest BCUT2D eigenvalue weighted by Gasteiger charge is 2.45. The first-order valence-corrected chi connectivity index (χ1v) is 25.6. The Bertz CT molecular complexity index is 4430. The van der Waals surface area contributed by atoms with Crippen molar-refractivity contribution in [1.82, 2.24) is 0 Å². The number of fused-ring (bicyclic) bond motifs is 8. The highest BCUT2D eigenvalue weighted by atomic mass is 16.5. The lowest BCUT2D eigenvalue weighted by molar-refractivity contribution is 0.405. The summed E-state index contributed by atoms with van der Waals surface area (Å²) >= 11 is 0. The molecule has 0 aromatic heterocycles. The Kier molecular flexibility index (Phi) is 8.59. The van der Waals surface area contributed by atoms with Gasteiger partial charge in [0.1, 0.15) is 34.5 Å². The molecule has 0 spiro atoms. The molecular formula is C68H44B2O4. The number of rotatable bonds is 6. The molecule has 0 fully saturated rings. The van der Waals surface area contributed by atoms with Gasteiger partial charge in [0.2, 0.25) is 0 Å². The first kappa shape index (κ1) is 41.6. The maximum Gasteiger partial charge on any atom is 0.252 e. The van der Waals surface area contributed by atoms with Crippen molar-refractivity contribution in [3.63, 3.8) is 0 Å². The van der Waals surface area contributed by atoms with Crippen LogP contribution in [0.1, 0.15) is 11.1 Å². The summed E-state index contributed by atoms with van der Waals surface area (Å²) < 4.78 is 26.1. The van der Waals surface area contributed by atoms with E-state index in [2.05, 4.69) is 202 Å². The van der Waals surface area contributed by atoms with Crippen molar-refractivity contribution in [1.29, 1.82) is 0 Å². The molecule has 12 aromatic rings. The molecule has 0 saturated carbocycles. The predicted octanol–water partition coefficient (Wildman–Crippen LogP) is 13.1. The van der Waals surface area contributed by atoms with Crippen LogP contribution in [0.15, 0.2) is 194 Å². The summed E-state index contributed by atoms with van der Waals surface area (Å²) in [6.45, 7) is 4.15. The molecule has 16 rings (SSSR count). The number of ether oxygens (including phenoxy) is 4. The molecule has 4 heterocycles. The van der Waals surface area contributed by atoms with Crippen molar-refractivity contribution < 1.29 is 18.9 Å². The zero-order valence-corrected chi connectivity index (χ0v) is 41.3. The van der Waals surface area contributed by atoms with E-state index in [1.807, 2.05) is 6.07 Å². The average molecular weight is 947 g/mol. The largest absolute Gasteiger partial charge is 0.497 e. The fraction of sp³-hybridized carbons (Fsp3) is 0.0588. The third-order valence-electron chi connectivity index (χ3n) is 16.6. The van der Waals surface area contributed by atoms with Crippen molar-refractivity contribution in [2.24, 2.45) is 0 Å². The fourth-order valence-electron chi connectivity index (χ4n) is 13.6. The zero-order valence-electron chi connectivity index (χ0n) is 41.3. The summed E-state index contributed by atoms with van der Waals surface area (Å²) in [5.41, 5.74) is 23.8. The number of hydrogen-bond donors (Lipinski definition) is 0. The zero-order chi connectivity index (χ0) is 49.1. The highest BCUT2D eigenvalue weighted by molar-refractivity contribution is 7.01. The molecule has 0 bridgehead atoms. The molecule has 0 atom stereocenters. The van der Waals surface area contributed by atoms with Crippen LogP contribution in [0.2, 0.25) is 0 Å². The van der Waals surface area contributed by atoms with Crippen molar-refractivity contribution in [2.75, 3.05) is 14.2 Å². The van der Waals surface area contributed by atoms with Crippen LogP contribution in [0.25, 0.3) is 99.1 Å². The summed E-state index contributed by atoms with van der Waals surface area (Å²) in [5, 5.41) is 7.58. The van der Waals surface area contributed by atoms with Crippen LogP contribution in [-0.4, -0.2) is 27.6 Å². The SMILES string of the molecule is COc1ccc2c(c1)Oc1cc(OC)cc3c1B2c1cc2c(-c4ccccc4-c4ccccc4)cc4c5c(cc6c(-c7ccccc7-c7ccccc7)cc-3c1c6c25)B1c2ccc(C)cc2Oc2cc(C)cc-4c21. The Morgan fingerprint density at radius 1 is 0.311 bits per heavy atom. The molecule has 0 unspecified atom stereocenters. The molecule has 0 radical (unpaired) electrons. The minimum absolute atomic E-state index is 0.0688. The molecule has 0 saturated heterocycles. The molecule has 4 aliphatic rings. The molecule has 346 valence electrons. The Balaban J connectivity index is 1.16. The maximum absolute atomic E-state index is 7.04. The standard InChI is InChI=1S/C68H44B2O4/c1-37-23-25-55-59(28-37)73-61-29-38(2)27-53-49-33-47(45-21-13-11-19-43(45)39-15-7-5-8-16-39)51-36-58-64-50(54-30-42(72-4)32-62-68(54)70(58)56-26-24-41(71-3)31-60(56)74-62)34-48(46-22-14-12-20-44(46)40-17-9-6-10-18-40)52-35-57(69(55)67(53)61)63(49)65(51)66(52)64/h5-36H,1-4H3. The average Bonchev–Trinajstić information content (AvgIpc) is 3.60. The number of aryl methyl sites for hydroxylation is 2. The summed E-state index contributed by atoms with van der Waals surface area (Å²) in [4.78, 5) is 0. The summed E-state index contributed by atoms with van der Waals surface area (Å²) in [5.74, 6) is 4.94. The van der Waals surface area contributed by atoms with E-state index in [4.69, 9.17) is 18.9 Å². The molecule has 0 amide bonds. The second kappa shape index (κ2) is 15.3. The van der Waals surface area contributed by atoms with Crippen LogP contribution in [-0.2, 0) is 0 Å². The van der Waals surface area contributed by atoms with Crippen LogP contribution in [0.3, 0.4) is 0 Å². The third kappa shape index (κ3) is 5.65. The van der Waals surface area contributed by atoms with Gasteiger partial charge in [0.15, 0.2) is 0 Å². The van der Waals surface area contributed by atoms with Crippen molar-refractivity contribution in [3.8, 4) is 101 Å². The van der Waals surface area contributed by atoms with E-state index < -0.39 is 0 Å². The normalized spacial score (nSPS) is 13.0. The molecule has 4 aliphatic heterocycles. The van der Waals surface area contributed by atoms with E-state index in [1.54, 1.807) is 14.2 Å². The predicted molar refractivity (Wildman–Crippen MR) is 308 cm³/mol. The molecule has 74 heavy (non-hydrogen) atoms. The van der Waals surface area contributed by atoms with Gasteiger partial charge in [0.25, 0.3) is 13.4 Å². The first-order valence-electron chi connectivity index (χ1n) is 25.6. The van der Waals surface area contributed by atoms with Gasteiger partial charge in [0, 0.05) is 12.1 Å². The highest BCUT2D eigenvalue weighted by Crippen LogP contribution is 2.53. The molecule has 6 heteroatoms. The maximum atomic E-state index is 7.04. The number of benzene rings is 12. The van der Waals surface area contributed by atoms with Gasteiger partial charge in [-0.1, -0.05) is 157 Å². The minimum atomic E-state index is -0.150. The molecule has 4 nitrogen and oxygen atoms in total. The Labute approximate surface area is 429 Å². The van der Waals surface area contributed by atoms with Crippen molar-refractivity contribution >= 4 is 78.5 Å². The number of hydrogen-bond acceptors (Lipinski definition) is 4. The second-order valence-electron chi connectivity index (χ2n) is 20.6. The summed E-state index contributed by atoms with van der Waals surface area (Å²) in [7, 11) is 3.47. The molecule has 12 aromatic carbocycles. The lowest BCUT2D eigenvalue weighted by atomic mass is 9.31. The first-order chi connectivity index (χ1) is 36.4. The third-order valence-corrected chi connectivity index (χ3v) is 16.6. The van der Waals surface area contributed by atoms with E-state index in [1.165, 1.54) is 126 Å². The number of methoxy groups -OCH3 is 2. The van der Waals surface area contributed by atoms with Gasteiger partial charge in [-0.05, 0) is 182 Å². The molecule has 0 aliphatic carbocycles. The van der Waals surface area contributed by atoms with Gasteiger partial charge in [-0.3, -0.25) is 0 Å². The van der Waals surface area contributed by atoms with Gasteiger partial charge in [-0.25, -0.2) is 0 Å². The van der Waals surface area contributed by atoms with Gasteiger partial charge >= 0.3 is 0 Å². The summed E-state index contributed by atoms with van der Waals surface area (Å²) in [6.07, 6.45) is 0. The van der Waals surface area contributed by atoms with E-state index in [-0.39, 0.29) is 13.4 Å². The van der Waals surface area contributed by atoms with Crippen LogP contribution >= 0.6 is 0 Å². The molecular weight excluding hydrogens is 902 g/mol. The van der Waals surface area contributed by atoms with E-state index in [9.17, 15) is 0 Å². The van der Waals surface area contributed by atoms with Crippen LogP contribution < -0.4 is 51.7 Å². The van der Waals surface area contributed by atoms with Crippen LogP contribution in [0, 0.1) is 13.8 Å². The summed E-state index contributed by atoms with van der Waals surface area (Å²) in [6, 6.07) is 72.0. The van der Waals surface area contributed by atoms with Gasteiger partial charge in [0.05, 0.1) is 14.2 Å². The van der Waals surface area contributed by atoms with Gasteiger partial charge < -0.3 is 18.9 Å². The smallest absolute Gasteiger partial charge is 0.252 e. The topological polar surface area (TPSA) is 36.9 Å². The van der Waals surface area contributed by atoms with E-state index >= 15 is 0 Å². The van der Waals surface area contributed by atoms with Crippen LogP contribution in [0.5, 0.6) is 34.5 Å². The lowest BCUT2D eigenvalue weighted by Crippen LogP contribution is -2.58. The van der Waals surface area contributed by atoms with Crippen LogP contribution in [0.4, 0.5) is 0 Å². The fourth-order valence-corrected chi connectivity index (χ4v) is 13.6. The van der Waals surface area contributed by atoms with Gasteiger partial charge in [-0.2, -0.15) is 0 Å². The Hall–Kier alpha value is -8.99. The Morgan fingerprint density at radius 3 is 1.32 bits per heavy atom. The lowest BCUT2D eigenvalue weighted by Gasteiger charge is -2.38. The van der Waals surface area contributed by atoms with E-state index in [0.29, 0.717) is 0 Å². The second-order valence-corrected chi connectivity index (χ2v) is 20.6.